The Morgan fingerprint density at radius 3 is 1.86 bits per heavy atom. The predicted octanol–water partition coefficient (Wildman–Crippen LogP) is 7.13. The Morgan fingerprint density at radius 1 is 0.757 bits per heavy atom. The number of rotatable bonds is 19. The summed E-state index contributed by atoms with van der Waals surface area (Å²) in [5, 5.41) is 0. The zero-order valence-electron chi connectivity index (χ0n) is 25.1. The maximum Gasteiger partial charge on any atom is 0.320 e. The van der Waals surface area contributed by atoms with Crippen LogP contribution in [0.5, 0.6) is 0 Å². The monoisotopic (exact) mass is 526 g/mol. The minimum Gasteiger partial charge on any atom is -0.466 e. The van der Waals surface area contributed by atoms with Crippen LogP contribution in [0.15, 0.2) is 0 Å². The maximum absolute atomic E-state index is 13.4. The van der Waals surface area contributed by atoms with Crippen molar-refractivity contribution in [1.82, 2.24) is 0 Å². The first kappa shape index (κ1) is 35.1. The van der Waals surface area contributed by atoms with E-state index in [-0.39, 0.29) is 29.2 Å². The smallest absolute Gasteiger partial charge is 0.320 e. The van der Waals surface area contributed by atoms with Crippen molar-refractivity contribution >= 4 is 23.7 Å². The number of carbonyl (C=O) groups excluding carboxylic acids is 4. The molecule has 0 aliphatic carbocycles. The summed E-state index contributed by atoms with van der Waals surface area (Å²) >= 11 is 0. The molecule has 0 aliphatic rings. The number of unbranched alkanes of at least 4 members (excludes halogenated alkanes) is 4. The van der Waals surface area contributed by atoms with Crippen LogP contribution in [0.4, 0.5) is 0 Å². The molecule has 0 fully saturated rings. The summed E-state index contributed by atoms with van der Waals surface area (Å²) < 4.78 is 16.4. The number of carbonyl (C=O) groups is 4. The van der Waals surface area contributed by atoms with Crippen LogP contribution in [0, 0.1) is 10.8 Å². The molecular formula is C30H54O7. The first-order chi connectivity index (χ1) is 17.1. The lowest BCUT2D eigenvalue weighted by atomic mass is 9.73. The van der Waals surface area contributed by atoms with Crippen LogP contribution in [0.1, 0.15) is 139 Å². The van der Waals surface area contributed by atoms with Crippen LogP contribution < -0.4 is 0 Å². The summed E-state index contributed by atoms with van der Waals surface area (Å²) in [6, 6.07) is 0. The van der Waals surface area contributed by atoms with Crippen molar-refractivity contribution in [3.8, 4) is 0 Å². The minimum atomic E-state index is -1.23. The molecule has 0 saturated carbocycles. The van der Waals surface area contributed by atoms with Gasteiger partial charge in [0.25, 0.3) is 0 Å². The van der Waals surface area contributed by atoms with Gasteiger partial charge in [-0.25, -0.2) is 0 Å². The molecule has 2 atom stereocenters. The van der Waals surface area contributed by atoms with Gasteiger partial charge in [-0.1, -0.05) is 52.9 Å². The van der Waals surface area contributed by atoms with Crippen molar-refractivity contribution in [2.45, 2.75) is 151 Å². The van der Waals surface area contributed by atoms with Gasteiger partial charge >= 0.3 is 17.9 Å². The zero-order chi connectivity index (χ0) is 28.7. The van der Waals surface area contributed by atoms with Crippen LogP contribution in [-0.2, 0) is 33.4 Å². The van der Waals surface area contributed by atoms with Crippen molar-refractivity contribution < 1.29 is 33.4 Å². The molecule has 0 rings (SSSR count). The van der Waals surface area contributed by atoms with E-state index in [2.05, 4.69) is 20.8 Å². The fraction of sp³-hybridized carbons (Fsp3) is 0.867. The number of Topliss-reactive ketones (excluding diaryl/α,β-unsaturated/α-hetero) is 1. The van der Waals surface area contributed by atoms with E-state index in [0.717, 1.165) is 38.5 Å². The molecule has 216 valence electrons. The Kier molecular flexibility index (Phi) is 16.0. The van der Waals surface area contributed by atoms with Gasteiger partial charge in [0.05, 0.1) is 6.61 Å². The number of hydrogen-bond acceptors (Lipinski definition) is 7. The molecule has 0 heterocycles. The van der Waals surface area contributed by atoms with Crippen LogP contribution in [0.3, 0.4) is 0 Å². The lowest BCUT2D eigenvalue weighted by molar-refractivity contribution is -0.172. The third-order valence-electron chi connectivity index (χ3n) is 6.93. The van der Waals surface area contributed by atoms with Gasteiger partial charge in [0, 0.05) is 18.8 Å². The molecular weight excluding hydrogens is 472 g/mol. The van der Waals surface area contributed by atoms with E-state index < -0.39 is 17.0 Å². The Hall–Kier alpha value is -1.92. The summed E-state index contributed by atoms with van der Waals surface area (Å²) in [7, 11) is 0. The lowest BCUT2D eigenvalue weighted by Crippen LogP contribution is -2.43. The third-order valence-corrected chi connectivity index (χ3v) is 6.93. The summed E-state index contributed by atoms with van der Waals surface area (Å²) in [5.74, 6) is -1.18. The van der Waals surface area contributed by atoms with Crippen LogP contribution >= 0.6 is 0 Å². The topological polar surface area (TPSA) is 96.0 Å². The van der Waals surface area contributed by atoms with Gasteiger partial charge in [-0.3, -0.25) is 19.2 Å². The van der Waals surface area contributed by atoms with Crippen molar-refractivity contribution in [2.75, 3.05) is 6.61 Å². The molecule has 0 aromatic carbocycles. The third kappa shape index (κ3) is 14.0. The molecule has 37 heavy (non-hydrogen) atoms. The zero-order valence-corrected chi connectivity index (χ0v) is 25.1. The number of hydrogen-bond donors (Lipinski definition) is 0. The molecule has 0 bridgehead atoms. The predicted molar refractivity (Wildman–Crippen MR) is 146 cm³/mol. The van der Waals surface area contributed by atoms with Gasteiger partial charge in [-0.05, 0) is 73.1 Å². The van der Waals surface area contributed by atoms with Crippen LogP contribution in [0.25, 0.3) is 0 Å². The Morgan fingerprint density at radius 2 is 1.35 bits per heavy atom. The summed E-state index contributed by atoms with van der Waals surface area (Å²) in [5.41, 5.74) is -2.14. The highest BCUT2D eigenvalue weighted by atomic mass is 16.6. The molecule has 0 aliphatic heterocycles. The standard InChI is InChI=1S/C30H54O7/c1-10-12-20-29(8,9)25(36-24(4)32)18-17-22-30(23(3)31,27(34)37-28(5,6)7)21-16-14-13-15-19-26(33)35-11-2/h25H,10-22H2,1-9H3. The van der Waals surface area contributed by atoms with E-state index >= 15 is 0 Å². The second-order valence-corrected chi connectivity index (χ2v) is 11.9. The molecule has 0 N–H and O–H groups in total. The van der Waals surface area contributed by atoms with Gasteiger partial charge in [-0.2, -0.15) is 0 Å². The van der Waals surface area contributed by atoms with Crippen LogP contribution in [-0.4, -0.2) is 42.0 Å². The van der Waals surface area contributed by atoms with Gasteiger partial charge < -0.3 is 14.2 Å². The van der Waals surface area contributed by atoms with Crippen molar-refractivity contribution in [3.63, 3.8) is 0 Å². The minimum absolute atomic E-state index is 0.192. The molecule has 0 aromatic heterocycles. The van der Waals surface area contributed by atoms with Crippen molar-refractivity contribution in [1.29, 1.82) is 0 Å². The highest BCUT2D eigenvalue weighted by Crippen LogP contribution is 2.38. The van der Waals surface area contributed by atoms with Crippen molar-refractivity contribution in [2.24, 2.45) is 10.8 Å². The molecule has 7 heteroatoms. The highest BCUT2D eigenvalue weighted by molar-refractivity contribution is 6.02. The fourth-order valence-electron chi connectivity index (χ4n) is 4.68. The number of ether oxygens (including phenoxy) is 3. The first-order valence-electron chi connectivity index (χ1n) is 14.2. The quantitative estimate of drug-likeness (QED) is 0.0764. The van der Waals surface area contributed by atoms with E-state index in [1.165, 1.54) is 13.8 Å². The average molecular weight is 527 g/mol. The Labute approximate surface area is 225 Å². The molecule has 0 spiro atoms. The van der Waals surface area contributed by atoms with E-state index in [0.29, 0.717) is 45.1 Å². The highest BCUT2D eigenvalue weighted by Gasteiger charge is 2.45. The van der Waals surface area contributed by atoms with Crippen LogP contribution in [0.2, 0.25) is 0 Å². The number of esters is 3. The fourth-order valence-corrected chi connectivity index (χ4v) is 4.68. The molecule has 7 nitrogen and oxygen atoms in total. The van der Waals surface area contributed by atoms with Gasteiger partial charge in [-0.15, -0.1) is 0 Å². The van der Waals surface area contributed by atoms with Gasteiger partial charge in [0.15, 0.2) is 0 Å². The van der Waals surface area contributed by atoms with E-state index in [1.54, 1.807) is 27.7 Å². The van der Waals surface area contributed by atoms with Gasteiger partial charge in [0.2, 0.25) is 0 Å². The summed E-state index contributed by atoms with van der Waals surface area (Å²) in [4.78, 5) is 49.8. The van der Waals surface area contributed by atoms with E-state index in [9.17, 15) is 19.2 Å². The molecule has 0 radical (unpaired) electrons. The SMILES string of the molecule is CCCCC(C)(C)C(CCCC(CCCCCCC(=O)OCC)(C(C)=O)C(=O)OC(C)(C)C)OC(C)=O. The number of ketones is 1. The summed E-state index contributed by atoms with van der Waals surface area (Å²) in [6.07, 6.45) is 8.02. The first-order valence-corrected chi connectivity index (χ1v) is 14.2. The average Bonchev–Trinajstić information content (AvgIpc) is 2.76. The van der Waals surface area contributed by atoms with Gasteiger partial charge in [0.1, 0.15) is 22.9 Å². The molecule has 0 saturated heterocycles. The molecule has 0 amide bonds. The molecule has 2 unspecified atom stereocenters. The lowest BCUT2D eigenvalue weighted by Gasteiger charge is -2.36. The maximum atomic E-state index is 13.4. The summed E-state index contributed by atoms with van der Waals surface area (Å²) in [6.45, 7) is 16.8. The normalized spacial score (nSPS) is 14.4. The largest absolute Gasteiger partial charge is 0.466 e. The van der Waals surface area contributed by atoms with Crippen molar-refractivity contribution in [3.05, 3.63) is 0 Å². The van der Waals surface area contributed by atoms with E-state index in [1.807, 2.05) is 0 Å². The van der Waals surface area contributed by atoms with E-state index in [4.69, 9.17) is 14.2 Å². The second kappa shape index (κ2) is 16.8. The Balaban J connectivity index is 5.48. The Bertz CT molecular complexity index is 720. The molecule has 0 aromatic rings. The second-order valence-electron chi connectivity index (χ2n) is 11.9.